The first-order valence-corrected chi connectivity index (χ1v) is 5.66. The van der Waals surface area contributed by atoms with Gasteiger partial charge in [0.05, 0.1) is 6.54 Å². The topological polar surface area (TPSA) is 20.3 Å². The molecule has 1 aromatic carbocycles. The number of Topliss-reactive ketones (excluding diaryl/α,β-unsaturated/α-hetero) is 1. The van der Waals surface area contributed by atoms with Gasteiger partial charge in [-0.2, -0.15) is 0 Å². The lowest BCUT2D eigenvalue weighted by Crippen LogP contribution is -2.27. The fourth-order valence-corrected chi connectivity index (χ4v) is 1.53. The van der Waals surface area contributed by atoms with E-state index in [0.29, 0.717) is 5.56 Å². The summed E-state index contributed by atoms with van der Waals surface area (Å²) in [5.74, 6) is -0.670. The Balaban J connectivity index is 2.52. The highest BCUT2D eigenvalue weighted by Crippen LogP contribution is 2.11. The maximum Gasteiger partial charge on any atom is 0.251 e. The minimum atomic E-state index is -2.41. The van der Waals surface area contributed by atoms with Crippen LogP contribution in [0.1, 0.15) is 22.3 Å². The molecule has 0 unspecified atom stereocenters. The number of ketones is 1. The van der Waals surface area contributed by atoms with E-state index in [2.05, 4.69) is 0 Å². The molecule has 100 valence electrons. The van der Waals surface area contributed by atoms with Crippen molar-refractivity contribution in [1.82, 2.24) is 4.90 Å². The molecule has 0 aliphatic rings. The zero-order valence-electron chi connectivity index (χ0n) is 10.4. The average molecular weight is 259 g/mol. The Morgan fingerprint density at radius 1 is 1.39 bits per heavy atom. The van der Waals surface area contributed by atoms with Crippen LogP contribution in [0.5, 0.6) is 0 Å². The second kappa shape index (κ2) is 6.54. The van der Waals surface area contributed by atoms with E-state index in [9.17, 15) is 18.0 Å². The number of nitrogens with zero attached hydrogens (tertiary/aromatic N) is 1. The maximum absolute atomic E-state index is 13.2. The van der Waals surface area contributed by atoms with Gasteiger partial charge >= 0.3 is 0 Å². The van der Waals surface area contributed by atoms with E-state index in [1.807, 2.05) is 0 Å². The zero-order valence-corrected chi connectivity index (χ0v) is 10.4. The highest BCUT2D eigenvalue weighted by molar-refractivity contribution is 5.96. The van der Waals surface area contributed by atoms with Crippen molar-refractivity contribution in [1.29, 1.82) is 0 Å². The molecule has 0 aliphatic carbocycles. The van der Waals surface area contributed by atoms with Crippen molar-refractivity contribution in [3.8, 4) is 0 Å². The van der Waals surface area contributed by atoms with Crippen LogP contribution < -0.4 is 0 Å². The van der Waals surface area contributed by atoms with Gasteiger partial charge in [-0.05, 0) is 25.6 Å². The van der Waals surface area contributed by atoms with Gasteiger partial charge in [-0.15, -0.1) is 0 Å². The van der Waals surface area contributed by atoms with Crippen LogP contribution in [-0.2, 0) is 0 Å². The predicted molar refractivity (Wildman–Crippen MR) is 63.6 cm³/mol. The standard InChI is InChI=1S/C13H16F3NO/c1-9-3-4-10(7-11(9)14)12(18)5-6-17(2)8-13(15)16/h3-4,7,13H,5-6,8H2,1-2H3. The van der Waals surface area contributed by atoms with Crippen LogP contribution in [0.2, 0.25) is 0 Å². The van der Waals surface area contributed by atoms with Gasteiger partial charge in [0.1, 0.15) is 5.82 Å². The SMILES string of the molecule is Cc1ccc(C(=O)CCN(C)CC(F)F)cc1F. The minimum Gasteiger partial charge on any atom is -0.300 e. The van der Waals surface area contributed by atoms with Gasteiger partial charge < -0.3 is 4.90 Å². The fourth-order valence-electron chi connectivity index (χ4n) is 1.53. The first kappa shape index (κ1) is 14.7. The van der Waals surface area contributed by atoms with Gasteiger partial charge in [-0.1, -0.05) is 12.1 Å². The highest BCUT2D eigenvalue weighted by atomic mass is 19.3. The predicted octanol–water partition coefficient (Wildman–Crippen LogP) is 2.90. The lowest BCUT2D eigenvalue weighted by molar-refractivity contribution is 0.0881. The molecule has 2 nitrogen and oxygen atoms in total. The molecule has 0 bridgehead atoms. The fraction of sp³-hybridized carbons (Fsp3) is 0.462. The Labute approximate surface area is 104 Å². The van der Waals surface area contributed by atoms with Crippen molar-refractivity contribution < 1.29 is 18.0 Å². The third kappa shape index (κ3) is 4.49. The van der Waals surface area contributed by atoms with Crippen LogP contribution in [0, 0.1) is 12.7 Å². The summed E-state index contributed by atoms with van der Waals surface area (Å²) in [6.07, 6.45) is -2.31. The van der Waals surface area contributed by atoms with Crippen molar-refractivity contribution in [2.45, 2.75) is 19.8 Å². The van der Waals surface area contributed by atoms with E-state index >= 15 is 0 Å². The summed E-state index contributed by atoms with van der Waals surface area (Å²) in [6.45, 7) is 1.48. The van der Waals surface area contributed by atoms with Gasteiger partial charge in [0.15, 0.2) is 5.78 Å². The highest BCUT2D eigenvalue weighted by Gasteiger charge is 2.12. The van der Waals surface area contributed by atoms with Gasteiger partial charge in [0.25, 0.3) is 6.43 Å². The number of carbonyl (C=O) groups is 1. The summed E-state index contributed by atoms with van der Waals surface area (Å²) < 4.78 is 37.4. The first-order valence-electron chi connectivity index (χ1n) is 5.66. The van der Waals surface area contributed by atoms with Crippen molar-refractivity contribution in [2.24, 2.45) is 0 Å². The van der Waals surface area contributed by atoms with Crippen LogP contribution in [-0.4, -0.2) is 37.2 Å². The number of benzene rings is 1. The molecule has 0 spiro atoms. The number of hydrogen-bond donors (Lipinski definition) is 0. The second-order valence-corrected chi connectivity index (χ2v) is 4.29. The van der Waals surface area contributed by atoms with Gasteiger partial charge in [-0.3, -0.25) is 4.79 Å². The smallest absolute Gasteiger partial charge is 0.251 e. The third-order valence-corrected chi connectivity index (χ3v) is 2.66. The molecule has 1 aromatic rings. The number of rotatable bonds is 6. The van der Waals surface area contributed by atoms with E-state index in [1.54, 1.807) is 13.0 Å². The summed E-state index contributed by atoms with van der Waals surface area (Å²) in [5.41, 5.74) is 0.755. The summed E-state index contributed by atoms with van der Waals surface area (Å²) >= 11 is 0. The van der Waals surface area contributed by atoms with Crippen LogP contribution in [0.15, 0.2) is 18.2 Å². The third-order valence-electron chi connectivity index (χ3n) is 2.66. The van der Waals surface area contributed by atoms with Gasteiger partial charge in [0.2, 0.25) is 0 Å². The monoisotopic (exact) mass is 259 g/mol. The molecule has 0 radical (unpaired) electrons. The molecule has 0 saturated heterocycles. The Kier molecular flexibility index (Phi) is 5.34. The molecule has 0 atom stereocenters. The van der Waals surface area contributed by atoms with E-state index < -0.39 is 12.2 Å². The van der Waals surface area contributed by atoms with Crippen molar-refractivity contribution in [2.75, 3.05) is 20.1 Å². The first-order chi connectivity index (χ1) is 8.40. The van der Waals surface area contributed by atoms with Gasteiger partial charge in [-0.25, -0.2) is 13.2 Å². The van der Waals surface area contributed by atoms with Crippen LogP contribution in [0.4, 0.5) is 13.2 Å². The summed E-state index contributed by atoms with van der Waals surface area (Å²) in [5, 5.41) is 0. The van der Waals surface area contributed by atoms with Crippen LogP contribution >= 0.6 is 0 Å². The van der Waals surface area contributed by atoms with Gasteiger partial charge in [0, 0.05) is 18.5 Å². The molecule has 1 rings (SSSR count). The number of hydrogen-bond acceptors (Lipinski definition) is 2. The number of halogens is 3. The van der Waals surface area contributed by atoms with Crippen molar-refractivity contribution in [3.63, 3.8) is 0 Å². The molecule has 0 heterocycles. The van der Waals surface area contributed by atoms with E-state index in [4.69, 9.17) is 0 Å². The summed E-state index contributed by atoms with van der Waals surface area (Å²) in [4.78, 5) is 13.1. The minimum absolute atomic E-state index is 0.103. The molecule has 0 fully saturated rings. The Hall–Kier alpha value is -1.36. The molecule has 0 aromatic heterocycles. The zero-order chi connectivity index (χ0) is 13.7. The van der Waals surface area contributed by atoms with Crippen molar-refractivity contribution in [3.05, 3.63) is 35.1 Å². The normalized spacial score (nSPS) is 11.3. The molecule has 18 heavy (non-hydrogen) atoms. The second-order valence-electron chi connectivity index (χ2n) is 4.29. The number of alkyl halides is 2. The molecule has 0 amide bonds. The summed E-state index contributed by atoms with van der Waals surface area (Å²) in [7, 11) is 1.52. The molecular weight excluding hydrogens is 243 g/mol. The number of carbonyl (C=O) groups excluding carboxylic acids is 1. The molecule has 5 heteroatoms. The van der Waals surface area contributed by atoms with E-state index in [1.165, 1.54) is 24.1 Å². The molecule has 0 aliphatic heterocycles. The lowest BCUT2D eigenvalue weighted by Gasteiger charge is -2.15. The Morgan fingerprint density at radius 2 is 2.06 bits per heavy atom. The lowest BCUT2D eigenvalue weighted by atomic mass is 10.1. The van der Waals surface area contributed by atoms with E-state index in [0.717, 1.165) is 0 Å². The Bertz CT molecular complexity index is 421. The number of aryl methyl sites for hydroxylation is 1. The summed E-state index contributed by atoms with van der Waals surface area (Å²) in [6, 6.07) is 4.27. The van der Waals surface area contributed by atoms with Crippen molar-refractivity contribution >= 4 is 5.78 Å². The Morgan fingerprint density at radius 3 is 2.61 bits per heavy atom. The van der Waals surface area contributed by atoms with E-state index in [-0.39, 0.29) is 30.9 Å². The maximum atomic E-state index is 13.2. The van der Waals surface area contributed by atoms with Crippen LogP contribution in [0.3, 0.4) is 0 Å². The molecule has 0 N–H and O–H groups in total. The largest absolute Gasteiger partial charge is 0.300 e. The quantitative estimate of drug-likeness (QED) is 0.732. The average Bonchev–Trinajstić information content (AvgIpc) is 2.28. The molecule has 0 saturated carbocycles. The van der Waals surface area contributed by atoms with Crippen LogP contribution in [0.25, 0.3) is 0 Å². The molecular formula is C13H16F3NO.